The number of piperazine rings is 1. The van der Waals surface area contributed by atoms with Crippen molar-refractivity contribution in [3.63, 3.8) is 0 Å². The average Bonchev–Trinajstić information content (AvgIpc) is 3.31. The summed E-state index contributed by atoms with van der Waals surface area (Å²) < 4.78 is 1.18. The molecule has 3 rings (SSSR count). The molecule has 3 heteroatoms. The Morgan fingerprint density at radius 3 is 2.81 bits per heavy atom. The van der Waals surface area contributed by atoms with Gasteiger partial charge in [0.1, 0.15) is 0 Å². The van der Waals surface area contributed by atoms with Gasteiger partial charge in [0.25, 0.3) is 0 Å². The lowest BCUT2D eigenvalue weighted by Gasteiger charge is -2.49. The van der Waals surface area contributed by atoms with Crippen molar-refractivity contribution in [2.45, 2.75) is 57.7 Å². The Kier molecular flexibility index (Phi) is 4.45. The van der Waals surface area contributed by atoms with Gasteiger partial charge in [-0.25, -0.2) is 0 Å². The summed E-state index contributed by atoms with van der Waals surface area (Å²) in [6.07, 6.45) is 4.02. The van der Waals surface area contributed by atoms with Crippen LogP contribution in [0.1, 0.15) is 51.6 Å². The van der Waals surface area contributed by atoms with Crippen LogP contribution in [0.4, 0.5) is 0 Å². The van der Waals surface area contributed by atoms with Crippen molar-refractivity contribution in [3.05, 3.63) is 34.3 Å². The molecule has 1 aromatic carbocycles. The molecule has 1 aromatic rings. The van der Waals surface area contributed by atoms with E-state index in [1.165, 1.54) is 35.8 Å². The van der Waals surface area contributed by atoms with Gasteiger partial charge in [-0.3, -0.25) is 4.90 Å². The fourth-order valence-corrected chi connectivity index (χ4v) is 4.23. The molecule has 21 heavy (non-hydrogen) atoms. The van der Waals surface area contributed by atoms with Gasteiger partial charge in [0.2, 0.25) is 0 Å². The topological polar surface area (TPSA) is 15.3 Å². The van der Waals surface area contributed by atoms with Crippen LogP contribution in [0.3, 0.4) is 0 Å². The predicted octanol–water partition coefficient (Wildman–Crippen LogP) is 4.36. The van der Waals surface area contributed by atoms with E-state index < -0.39 is 0 Å². The van der Waals surface area contributed by atoms with Gasteiger partial charge in [-0.05, 0) is 56.7 Å². The minimum atomic E-state index is 0.311. The van der Waals surface area contributed by atoms with Crippen LogP contribution < -0.4 is 5.32 Å². The van der Waals surface area contributed by atoms with Gasteiger partial charge in [-0.15, -0.1) is 0 Å². The fourth-order valence-electron chi connectivity index (χ4n) is 3.82. The maximum Gasteiger partial charge on any atom is 0.0324 e. The van der Waals surface area contributed by atoms with Crippen molar-refractivity contribution in [1.82, 2.24) is 10.2 Å². The van der Waals surface area contributed by atoms with E-state index in [0.29, 0.717) is 17.6 Å². The molecule has 0 radical (unpaired) electrons. The quantitative estimate of drug-likeness (QED) is 0.867. The van der Waals surface area contributed by atoms with Gasteiger partial charge in [0.05, 0.1) is 0 Å². The summed E-state index contributed by atoms with van der Waals surface area (Å²) in [6.45, 7) is 9.40. The molecule has 2 nitrogen and oxygen atoms in total. The molecule has 0 amide bonds. The Labute approximate surface area is 137 Å². The third kappa shape index (κ3) is 3.20. The minimum absolute atomic E-state index is 0.311. The molecule has 1 aliphatic carbocycles. The van der Waals surface area contributed by atoms with Gasteiger partial charge >= 0.3 is 0 Å². The van der Waals surface area contributed by atoms with E-state index in [1.807, 2.05) is 0 Å². The van der Waals surface area contributed by atoms with Crippen LogP contribution >= 0.6 is 15.9 Å². The lowest BCUT2D eigenvalue weighted by atomic mass is 9.88. The average molecular weight is 351 g/mol. The third-order valence-corrected chi connectivity index (χ3v) is 5.99. The fraction of sp³-hybridized carbons (Fsp3) is 0.667. The first-order chi connectivity index (χ1) is 10.0. The summed E-state index contributed by atoms with van der Waals surface area (Å²) in [4.78, 5) is 2.73. The maximum absolute atomic E-state index is 3.86. The Balaban J connectivity index is 1.82. The Hall–Kier alpha value is -0.380. The van der Waals surface area contributed by atoms with E-state index >= 15 is 0 Å². The molecule has 0 spiro atoms. The van der Waals surface area contributed by atoms with Gasteiger partial charge in [0, 0.05) is 35.2 Å². The van der Waals surface area contributed by atoms with Crippen LogP contribution in [0.5, 0.6) is 0 Å². The number of nitrogens with one attached hydrogen (secondary N) is 1. The number of nitrogens with zero attached hydrogens (tertiary/aromatic N) is 1. The SMILES string of the molecule is CCC1CNC(C)(C2CC2)CN1C(C)c1cccc(Br)c1. The summed E-state index contributed by atoms with van der Waals surface area (Å²) in [7, 11) is 0. The molecule has 1 saturated heterocycles. The molecule has 0 aromatic heterocycles. The highest BCUT2D eigenvalue weighted by Gasteiger charge is 2.46. The van der Waals surface area contributed by atoms with Gasteiger partial charge in [-0.1, -0.05) is 35.0 Å². The number of halogens is 1. The van der Waals surface area contributed by atoms with Gasteiger partial charge < -0.3 is 5.32 Å². The lowest BCUT2D eigenvalue weighted by molar-refractivity contribution is 0.0418. The first-order valence-corrected chi connectivity index (χ1v) is 9.09. The molecular weight excluding hydrogens is 324 g/mol. The number of hydrogen-bond acceptors (Lipinski definition) is 2. The van der Waals surface area contributed by atoms with E-state index in [-0.39, 0.29) is 0 Å². The Morgan fingerprint density at radius 1 is 1.43 bits per heavy atom. The van der Waals surface area contributed by atoms with E-state index in [4.69, 9.17) is 0 Å². The van der Waals surface area contributed by atoms with Gasteiger partial charge in [-0.2, -0.15) is 0 Å². The van der Waals surface area contributed by atoms with Crippen LogP contribution in [-0.2, 0) is 0 Å². The number of benzene rings is 1. The normalized spacial score (nSPS) is 32.1. The standard InChI is InChI=1S/C18H27BrN2/c1-4-17-11-20-18(3,15-8-9-15)12-21(17)13(2)14-6-5-7-16(19)10-14/h5-7,10,13,15,17,20H,4,8-9,11-12H2,1-3H3. The molecule has 2 fully saturated rings. The number of hydrogen-bond donors (Lipinski definition) is 1. The maximum atomic E-state index is 3.86. The van der Waals surface area contributed by atoms with Crippen LogP contribution in [0.25, 0.3) is 0 Å². The molecule has 2 aliphatic rings. The van der Waals surface area contributed by atoms with E-state index in [0.717, 1.165) is 12.5 Å². The Bertz CT molecular complexity index is 500. The zero-order valence-electron chi connectivity index (χ0n) is 13.4. The van der Waals surface area contributed by atoms with Crippen molar-refractivity contribution in [2.24, 2.45) is 5.92 Å². The van der Waals surface area contributed by atoms with Crippen molar-refractivity contribution in [3.8, 4) is 0 Å². The molecule has 1 N–H and O–H groups in total. The highest BCUT2D eigenvalue weighted by Crippen LogP contribution is 2.43. The zero-order valence-corrected chi connectivity index (χ0v) is 15.0. The molecule has 1 saturated carbocycles. The van der Waals surface area contributed by atoms with E-state index in [2.05, 4.69) is 71.2 Å². The van der Waals surface area contributed by atoms with Crippen molar-refractivity contribution < 1.29 is 0 Å². The highest BCUT2D eigenvalue weighted by atomic mass is 79.9. The van der Waals surface area contributed by atoms with Crippen molar-refractivity contribution >= 4 is 15.9 Å². The van der Waals surface area contributed by atoms with Crippen LogP contribution in [0, 0.1) is 5.92 Å². The highest BCUT2D eigenvalue weighted by molar-refractivity contribution is 9.10. The van der Waals surface area contributed by atoms with Crippen LogP contribution in [0.15, 0.2) is 28.7 Å². The lowest BCUT2D eigenvalue weighted by Crippen LogP contribution is -2.64. The summed E-state index contributed by atoms with van der Waals surface area (Å²) in [5, 5.41) is 3.86. The largest absolute Gasteiger partial charge is 0.308 e. The molecule has 1 aliphatic heterocycles. The monoisotopic (exact) mass is 350 g/mol. The smallest absolute Gasteiger partial charge is 0.0324 e. The first kappa shape index (κ1) is 15.5. The van der Waals surface area contributed by atoms with E-state index in [9.17, 15) is 0 Å². The second-order valence-electron chi connectivity index (χ2n) is 7.04. The summed E-state index contributed by atoms with van der Waals surface area (Å²) in [5.74, 6) is 0.882. The minimum Gasteiger partial charge on any atom is -0.308 e. The number of rotatable bonds is 4. The third-order valence-electron chi connectivity index (χ3n) is 5.50. The summed E-state index contributed by atoms with van der Waals surface area (Å²) in [6, 6.07) is 9.92. The molecule has 116 valence electrons. The van der Waals surface area contributed by atoms with E-state index in [1.54, 1.807) is 0 Å². The molecule has 1 heterocycles. The van der Waals surface area contributed by atoms with Crippen LogP contribution in [0.2, 0.25) is 0 Å². The summed E-state index contributed by atoms with van der Waals surface area (Å²) >= 11 is 3.61. The van der Waals surface area contributed by atoms with Crippen molar-refractivity contribution in [2.75, 3.05) is 13.1 Å². The molecule has 0 bridgehead atoms. The Morgan fingerprint density at radius 2 is 2.19 bits per heavy atom. The molecule has 3 atom stereocenters. The van der Waals surface area contributed by atoms with Crippen molar-refractivity contribution in [1.29, 1.82) is 0 Å². The second-order valence-corrected chi connectivity index (χ2v) is 7.95. The van der Waals surface area contributed by atoms with Gasteiger partial charge in [0.15, 0.2) is 0 Å². The first-order valence-electron chi connectivity index (χ1n) is 8.29. The second kappa shape index (κ2) is 6.02. The molecule has 3 unspecified atom stereocenters. The summed E-state index contributed by atoms with van der Waals surface area (Å²) in [5.41, 5.74) is 1.73. The zero-order chi connectivity index (χ0) is 15.0. The predicted molar refractivity (Wildman–Crippen MR) is 92.5 cm³/mol. The molecular formula is C18H27BrN2. The van der Waals surface area contributed by atoms with Crippen LogP contribution in [-0.4, -0.2) is 29.6 Å².